The molecule has 2 aromatic rings. The van der Waals surface area contributed by atoms with E-state index in [2.05, 4.69) is 5.32 Å². The Morgan fingerprint density at radius 2 is 1.83 bits per heavy atom. The maximum Gasteiger partial charge on any atom is 0.259 e. The molecule has 5 N–H and O–H groups in total. The van der Waals surface area contributed by atoms with Crippen LogP contribution in [0.2, 0.25) is 0 Å². The van der Waals surface area contributed by atoms with Crippen LogP contribution in [0.25, 0.3) is 0 Å². The molecule has 2 atom stereocenters. The highest BCUT2D eigenvalue weighted by Crippen LogP contribution is 2.25. The Bertz CT molecular complexity index is 977. The van der Waals surface area contributed by atoms with Crippen molar-refractivity contribution in [3.8, 4) is 0 Å². The first-order valence-electron chi connectivity index (χ1n) is 8.70. The molecule has 158 valence electrons. The Labute approximate surface area is 168 Å². The van der Waals surface area contributed by atoms with Crippen LogP contribution in [0.3, 0.4) is 0 Å². The molecular formula is C19H17F3N4O4. The van der Waals surface area contributed by atoms with E-state index in [-0.39, 0.29) is 30.4 Å². The van der Waals surface area contributed by atoms with Crippen molar-refractivity contribution in [2.45, 2.75) is 12.2 Å². The van der Waals surface area contributed by atoms with E-state index in [1.54, 1.807) is 0 Å². The van der Waals surface area contributed by atoms with Gasteiger partial charge in [0.15, 0.2) is 29.7 Å². The number of aliphatic hydroxyl groups excluding tert-OH is 1. The van der Waals surface area contributed by atoms with Crippen molar-refractivity contribution in [1.29, 1.82) is 5.41 Å². The smallest absolute Gasteiger partial charge is 0.259 e. The summed E-state index contributed by atoms with van der Waals surface area (Å²) in [7, 11) is 0. The van der Waals surface area contributed by atoms with E-state index in [1.165, 1.54) is 24.3 Å². The van der Waals surface area contributed by atoms with Crippen molar-refractivity contribution in [2.24, 2.45) is 5.73 Å². The first-order valence-corrected chi connectivity index (χ1v) is 8.70. The predicted octanol–water partition coefficient (Wildman–Crippen LogP) is 1.12. The second-order valence-corrected chi connectivity index (χ2v) is 6.43. The summed E-state index contributed by atoms with van der Waals surface area (Å²) in [4.78, 5) is 25.9. The molecule has 1 aliphatic rings. The Kier molecular flexibility index (Phi) is 6.04. The summed E-state index contributed by atoms with van der Waals surface area (Å²) in [6.07, 6.45) is -3.56. The molecule has 0 bridgehead atoms. The number of aliphatic hydroxyl groups is 1. The number of carbonyl (C=O) groups excluding carboxylic acids is 2. The van der Waals surface area contributed by atoms with E-state index in [0.29, 0.717) is 17.7 Å². The van der Waals surface area contributed by atoms with Gasteiger partial charge in [-0.1, -0.05) is 0 Å². The summed E-state index contributed by atoms with van der Waals surface area (Å²) >= 11 is 0. The summed E-state index contributed by atoms with van der Waals surface area (Å²) in [5.41, 5.74) is 5.77. The molecule has 0 aliphatic carbocycles. The molecule has 0 radical (unpaired) electrons. The average Bonchev–Trinajstić information content (AvgIpc) is 2.71. The molecule has 1 aliphatic heterocycles. The minimum Gasteiger partial charge on any atom is -0.384 e. The van der Waals surface area contributed by atoms with E-state index in [1.807, 2.05) is 0 Å². The third-order valence-electron chi connectivity index (χ3n) is 4.42. The van der Waals surface area contributed by atoms with Gasteiger partial charge >= 0.3 is 0 Å². The molecule has 0 saturated carbocycles. The SMILES string of the molecule is N=C(N)c1ccc(NC(=O)C(O)[C@H]2OCCN(c3cc(F)c(F)c(F)c3)C2=O)cc1. The summed E-state index contributed by atoms with van der Waals surface area (Å²) in [6, 6.07) is 7.13. The highest BCUT2D eigenvalue weighted by molar-refractivity contribution is 6.04. The summed E-state index contributed by atoms with van der Waals surface area (Å²) in [5, 5.41) is 20.0. The molecule has 1 heterocycles. The van der Waals surface area contributed by atoms with Gasteiger partial charge in [-0.3, -0.25) is 15.0 Å². The maximum atomic E-state index is 13.5. The number of nitrogens with one attached hydrogen (secondary N) is 2. The number of halogens is 3. The third kappa shape index (κ3) is 4.26. The lowest BCUT2D eigenvalue weighted by molar-refractivity contribution is -0.150. The van der Waals surface area contributed by atoms with Crippen LogP contribution >= 0.6 is 0 Å². The van der Waals surface area contributed by atoms with Crippen LogP contribution in [-0.2, 0) is 14.3 Å². The third-order valence-corrected chi connectivity index (χ3v) is 4.42. The highest BCUT2D eigenvalue weighted by Gasteiger charge is 2.39. The second-order valence-electron chi connectivity index (χ2n) is 6.43. The molecule has 11 heteroatoms. The van der Waals surface area contributed by atoms with Crippen molar-refractivity contribution >= 4 is 29.0 Å². The van der Waals surface area contributed by atoms with Gasteiger partial charge < -0.3 is 25.8 Å². The summed E-state index contributed by atoms with van der Waals surface area (Å²) in [6.45, 7) is -0.241. The number of nitrogens with zero attached hydrogens (tertiary/aromatic N) is 1. The second kappa shape index (κ2) is 8.51. The molecule has 1 unspecified atom stereocenters. The van der Waals surface area contributed by atoms with Gasteiger partial charge in [-0.05, 0) is 24.3 Å². The Hall–Kier alpha value is -3.44. The number of anilines is 2. The Morgan fingerprint density at radius 3 is 2.40 bits per heavy atom. The van der Waals surface area contributed by atoms with Gasteiger partial charge in [0, 0.05) is 35.6 Å². The molecule has 2 aromatic carbocycles. The van der Waals surface area contributed by atoms with Crippen LogP contribution in [-0.4, -0.2) is 48.1 Å². The number of benzene rings is 2. The van der Waals surface area contributed by atoms with Crippen LogP contribution in [0.15, 0.2) is 36.4 Å². The Balaban J connectivity index is 1.73. The number of amidine groups is 1. The number of rotatable bonds is 5. The topological polar surface area (TPSA) is 129 Å². The van der Waals surface area contributed by atoms with Crippen LogP contribution in [0.5, 0.6) is 0 Å². The number of hydrogen-bond acceptors (Lipinski definition) is 5. The zero-order chi connectivity index (χ0) is 22.0. The van der Waals surface area contributed by atoms with Crippen molar-refractivity contribution in [1.82, 2.24) is 0 Å². The number of morpholine rings is 1. The van der Waals surface area contributed by atoms with E-state index in [0.717, 1.165) is 4.90 Å². The van der Waals surface area contributed by atoms with Gasteiger partial charge in [-0.25, -0.2) is 13.2 Å². The number of carbonyl (C=O) groups is 2. The van der Waals surface area contributed by atoms with Gasteiger partial charge in [0.05, 0.1) is 6.61 Å². The minimum absolute atomic E-state index is 0.110. The number of hydrogen-bond donors (Lipinski definition) is 4. The van der Waals surface area contributed by atoms with E-state index in [4.69, 9.17) is 15.9 Å². The molecule has 3 rings (SSSR count). The summed E-state index contributed by atoms with van der Waals surface area (Å²) < 4.78 is 45.4. The zero-order valence-electron chi connectivity index (χ0n) is 15.4. The standard InChI is InChI=1S/C19H17F3N4O4/c20-12-7-11(8-13(21)14(12)22)26-5-6-30-16(19(26)29)15(27)18(28)25-10-3-1-9(2-4-10)17(23)24/h1-4,7-8,15-16,27H,5-6H2,(H3,23,24)(H,25,28)/t15?,16-/m1/s1. The largest absolute Gasteiger partial charge is 0.384 e. The van der Waals surface area contributed by atoms with Crippen LogP contribution in [0.4, 0.5) is 24.5 Å². The lowest BCUT2D eigenvalue weighted by Gasteiger charge is -2.34. The van der Waals surface area contributed by atoms with Gasteiger partial charge in [0.25, 0.3) is 11.8 Å². The molecular weight excluding hydrogens is 405 g/mol. The van der Waals surface area contributed by atoms with Gasteiger partial charge in [0.2, 0.25) is 0 Å². The number of nitrogen functional groups attached to an aromatic ring is 1. The van der Waals surface area contributed by atoms with Crippen LogP contribution < -0.4 is 16.0 Å². The van der Waals surface area contributed by atoms with Crippen molar-refractivity contribution in [2.75, 3.05) is 23.4 Å². The number of nitrogens with two attached hydrogens (primary N) is 1. The number of ether oxygens (including phenoxy) is 1. The van der Waals surface area contributed by atoms with Gasteiger partial charge in [0.1, 0.15) is 5.84 Å². The summed E-state index contributed by atoms with van der Waals surface area (Å²) in [5.74, 6) is -6.67. The normalized spacial score (nSPS) is 17.5. The molecule has 0 spiro atoms. The lowest BCUT2D eigenvalue weighted by Crippen LogP contribution is -2.55. The van der Waals surface area contributed by atoms with Crippen molar-refractivity contribution in [3.63, 3.8) is 0 Å². The molecule has 1 saturated heterocycles. The quantitative estimate of drug-likeness (QED) is 0.326. The average molecular weight is 422 g/mol. The predicted molar refractivity (Wildman–Crippen MR) is 101 cm³/mol. The fourth-order valence-corrected chi connectivity index (χ4v) is 2.87. The van der Waals surface area contributed by atoms with Crippen LogP contribution in [0.1, 0.15) is 5.56 Å². The first kappa shape index (κ1) is 21.3. The zero-order valence-corrected chi connectivity index (χ0v) is 15.4. The van der Waals surface area contributed by atoms with Crippen molar-refractivity contribution < 1.29 is 32.6 Å². The maximum absolute atomic E-state index is 13.5. The molecule has 2 amide bonds. The fourth-order valence-electron chi connectivity index (χ4n) is 2.87. The molecule has 8 nitrogen and oxygen atoms in total. The number of amides is 2. The van der Waals surface area contributed by atoms with Gasteiger partial charge in [-0.15, -0.1) is 0 Å². The Morgan fingerprint density at radius 1 is 1.23 bits per heavy atom. The molecule has 0 aromatic heterocycles. The lowest BCUT2D eigenvalue weighted by atomic mass is 10.1. The van der Waals surface area contributed by atoms with Gasteiger partial charge in [-0.2, -0.15) is 0 Å². The monoisotopic (exact) mass is 422 g/mol. The minimum atomic E-state index is -1.93. The van der Waals surface area contributed by atoms with Crippen LogP contribution in [0, 0.1) is 22.9 Å². The van der Waals surface area contributed by atoms with Crippen molar-refractivity contribution in [3.05, 3.63) is 59.4 Å². The van der Waals surface area contributed by atoms with E-state index < -0.39 is 41.5 Å². The fraction of sp³-hybridized carbons (Fsp3) is 0.211. The molecule has 1 fully saturated rings. The van der Waals surface area contributed by atoms with E-state index >= 15 is 0 Å². The first-order chi connectivity index (χ1) is 14.2. The highest BCUT2D eigenvalue weighted by atomic mass is 19.2. The van der Waals surface area contributed by atoms with E-state index in [9.17, 15) is 27.9 Å². The molecule has 30 heavy (non-hydrogen) atoms.